The van der Waals surface area contributed by atoms with Crippen molar-refractivity contribution >= 4 is 5.82 Å². The van der Waals surface area contributed by atoms with Crippen molar-refractivity contribution in [3.05, 3.63) is 35.7 Å². The number of aromatic nitrogens is 3. The Bertz CT molecular complexity index is 501. The summed E-state index contributed by atoms with van der Waals surface area (Å²) in [7, 11) is 0. The zero-order valence-electron chi connectivity index (χ0n) is 9.06. The molecule has 4 heteroatoms. The fourth-order valence-electron chi connectivity index (χ4n) is 2.23. The molecule has 0 saturated heterocycles. The summed E-state index contributed by atoms with van der Waals surface area (Å²) in [4.78, 5) is 4.27. The van der Waals surface area contributed by atoms with Crippen LogP contribution in [0.5, 0.6) is 0 Å². The molecule has 16 heavy (non-hydrogen) atoms. The molecule has 2 N–H and O–H groups in total. The summed E-state index contributed by atoms with van der Waals surface area (Å²) >= 11 is 0. The van der Waals surface area contributed by atoms with E-state index >= 15 is 0 Å². The van der Waals surface area contributed by atoms with Gasteiger partial charge in [-0.25, -0.2) is 4.98 Å². The Hall–Kier alpha value is -1.84. The Morgan fingerprint density at radius 2 is 2.06 bits per heavy atom. The minimum Gasteiger partial charge on any atom is -0.383 e. The first-order chi connectivity index (χ1) is 7.86. The van der Waals surface area contributed by atoms with E-state index < -0.39 is 0 Å². The molecule has 0 unspecified atom stereocenters. The van der Waals surface area contributed by atoms with Crippen molar-refractivity contribution in [1.29, 1.82) is 0 Å². The second-order valence-electron chi connectivity index (χ2n) is 4.12. The fraction of sp³-hybridized carbons (Fsp3) is 0.333. The van der Waals surface area contributed by atoms with Crippen molar-refractivity contribution in [2.45, 2.75) is 25.7 Å². The Morgan fingerprint density at radius 1 is 1.19 bits per heavy atom. The Balaban J connectivity index is 2.12. The van der Waals surface area contributed by atoms with Gasteiger partial charge in [-0.1, -0.05) is 6.07 Å². The molecule has 0 fully saturated rings. The molecule has 0 radical (unpaired) electrons. The zero-order chi connectivity index (χ0) is 11.0. The highest BCUT2D eigenvalue weighted by molar-refractivity contribution is 5.49. The van der Waals surface area contributed by atoms with Crippen molar-refractivity contribution in [2.75, 3.05) is 5.73 Å². The molecule has 3 rings (SSSR count). The van der Waals surface area contributed by atoms with Gasteiger partial charge in [-0.2, -0.15) is 9.78 Å². The Morgan fingerprint density at radius 3 is 2.81 bits per heavy atom. The first-order valence-electron chi connectivity index (χ1n) is 5.64. The second-order valence-corrected chi connectivity index (χ2v) is 4.12. The van der Waals surface area contributed by atoms with Crippen LogP contribution in [0.4, 0.5) is 5.82 Å². The third kappa shape index (κ3) is 1.38. The Labute approximate surface area is 94.1 Å². The van der Waals surface area contributed by atoms with Crippen LogP contribution in [0.25, 0.3) is 5.82 Å². The molecule has 0 atom stereocenters. The molecular weight excluding hydrogens is 200 g/mol. The molecule has 0 bridgehead atoms. The highest BCUT2D eigenvalue weighted by Gasteiger charge is 2.19. The third-order valence-corrected chi connectivity index (χ3v) is 3.06. The largest absolute Gasteiger partial charge is 0.383 e. The highest BCUT2D eigenvalue weighted by Crippen LogP contribution is 2.27. The lowest BCUT2D eigenvalue weighted by atomic mass is 9.98. The summed E-state index contributed by atoms with van der Waals surface area (Å²) in [6.45, 7) is 0. The molecule has 82 valence electrons. The predicted octanol–water partition coefficient (Wildman–Crippen LogP) is 1.73. The van der Waals surface area contributed by atoms with Crippen molar-refractivity contribution in [1.82, 2.24) is 14.8 Å². The molecule has 1 aliphatic rings. The average molecular weight is 214 g/mol. The Kier molecular flexibility index (Phi) is 2.13. The van der Waals surface area contributed by atoms with Gasteiger partial charge in [0.2, 0.25) is 0 Å². The highest BCUT2D eigenvalue weighted by atomic mass is 15.3. The lowest BCUT2D eigenvalue weighted by molar-refractivity contribution is 0.670. The molecule has 2 heterocycles. The minimum absolute atomic E-state index is 0.758. The van der Waals surface area contributed by atoms with Gasteiger partial charge in [0.25, 0.3) is 0 Å². The number of rotatable bonds is 1. The molecule has 1 aliphatic carbocycles. The minimum atomic E-state index is 0.758. The maximum atomic E-state index is 6.12. The van der Waals surface area contributed by atoms with E-state index in [9.17, 15) is 0 Å². The SMILES string of the molecule is Nc1c2c(nn1-c1ccccn1)CCCC2. The van der Waals surface area contributed by atoms with Crippen LogP contribution in [-0.4, -0.2) is 14.8 Å². The quantitative estimate of drug-likeness (QED) is 0.786. The third-order valence-electron chi connectivity index (χ3n) is 3.06. The molecule has 2 aromatic rings. The summed E-state index contributed by atoms with van der Waals surface area (Å²) in [5.41, 5.74) is 8.48. The number of nitrogens with zero attached hydrogens (tertiary/aromatic N) is 3. The molecule has 4 nitrogen and oxygen atoms in total. The van der Waals surface area contributed by atoms with E-state index in [0.717, 1.165) is 30.2 Å². The summed E-state index contributed by atoms with van der Waals surface area (Å²) in [6.07, 6.45) is 6.28. The van der Waals surface area contributed by atoms with Gasteiger partial charge in [-0.3, -0.25) is 0 Å². The van der Waals surface area contributed by atoms with E-state index in [2.05, 4.69) is 10.1 Å². The maximum Gasteiger partial charge on any atom is 0.155 e. The van der Waals surface area contributed by atoms with Gasteiger partial charge >= 0.3 is 0 Å². The normalized spacial score (nSPS) is 14.8. The van der Waals surface area contributed by atoms with Crippen LogP contribution in [0.3, 0.4) is 0 Å². The number of fused-ring (bicyclic) bond motifs is 1. The van der Waals surface area contributed by atoms with E-state index in [1.165, 1.54) is 18.4 Å². The van der Waals surface area contributed by atoms with E-state index in [0.29, 0.717) is 0 Å². The monoisotopic (exact) mass is 214 g/mol. The average Bonchev–Trinajstić information content (AvgIpc) is 2.69. The fourth-order valence-corrected chi connectivity index (χ4v) is 2.23. The maximum absolute atomic E-state index is 6.12. The van der Waals surface area contributed by atoms with Gasteiger partial charge in [0, 0.05) is 11.8 Å². The van der Waals surface area contributed by atoms with Crippen LogP contribution in [0.1, 0.15) is 24.1 Å². The first kappa shape index (κ1) is 9.39. The van der Waals surface area contributed by atoms with Crippen LogP contribution in [-0.2, 0) is 12.8 Å². The van der Waals surface area contributed by atoms with Crippen molar-refractivity contribution in [2.24, 2.45) is 0 Å². The van der Waals surface area contributed by atoms with Crippen molar-refractivity contribution < 1.29 is 0 Å². The van der Waals surface area contributed by atoms with Crippen LogP contribution in [0.2, 0.25) is 0 Å². The zero-order valence-corrected chi connectivity index (χ0v) is 9.06. The summed E-state index contributed by atoms with van der Waals surface area (Å²) in [6, 6.07) is 5.76. The molecule has 0 aliphatic heterocycles. The van der Waals surface area contributed by atoms with E-state index in [-0.39, 0.29) is 0 Å². The number of aryl methyl sites for hydroxylation is 1. The van der Waals surface area contributed by atoms with Gasteiger partial charge in [0.15, 0.2) is 5.82 Å². The molecule has 2 aromatic heterocycles. The molecule has 0 aromatic carbocycles. The lowest BCUT2D eigenvalue weighted by Crippen LogP contribution is -2.04. The molecule has 0 amide bonds. The van der Waals surface area contributed by atoms with Gasteiger partial charge in [0.1, 0.15) is 5.82 Å². The smallest absolute Gasteiger partial charge is 0.155 e. The topological polar surface area (TPSA) is 56.7 Å². The van der Waals surface area contributed by atoms with Gasteiger partial charge < -0.3 is 5.73 Å². The van der Waals surface area contributed by atoms with Crippen molar-refractivity contribution in [3.8, 4) is 5.82 Å². The summed E-state index contributed by atoms with van der Waals surface area (Å²) in [5.74, 6) is 1.56. The number of nitrogens with two attached hydrogens (primary N) is 1. The van der Waals surface area contributed by atoms with Gasteiger partial charge in [0.05, 0.1) is 5.69 Å². The number of hydrogen-bond donors (Lipinski definition) is 1. The van der Waals surface area contributed by atoms with E-state index in [4.69, 9.17) is 5.73 Å². The number of pyridine rings is 1. The lowest BCUT2D eigenvalue weighted by Gasteiger charge is -2.08. The van der Waals surface area contributed by atoms with Crippen LogP contribution >= 0.6 is 0 Å². The molecule has 0 saturated carbocycles. The summed E-state index contributed by atoms with van der Waals surface area (Å²) in [5, 5.41) is 4.55. The van der Waals surface area contributed by atoms with Gasteiger partial charge in [-0.15, -0.1) is 0 Å². The first-order valence-corrected chi connectivity index (χ1v) is 5.64. The van der Waals surface area contributed by atoms with Gasteiger partial charge in [-0.05, 0) is 37.8 Å². The number of anilines is 1. The summed E-state index contributed by atoms with van der Waals surface area (Å²) < 4.78 is 1.76. The van der Waals surface area contributed by atoms with Crippen molar-refractivity contribution in [3.63, 3.8) is 0 Å². The predicted molar refractivity (Wildman–Crippen MR) is 62.4 cm³/mol. The van der Waals surface area contributed by atoms with E-state index in [1.807, 2.05) is 18.2 Å². The van der Waals surface area contributed by atoms with Crippen LogP contribution in [0, 0.1) is 0 Å². The van der Waals surface area contributed by atoms with Crippen LogP contribution < -0.4 is 5.73 Å². The number of nitrogen functional groups attached to an aromatic ring is 1. The molecule has 0 spiro atoms. The molecular formula is C12H14N4. The van der Waals surface area contributed by atoms with E-state index in [1.54, 1.807) is 10.9 Å². The standard InChI is InChI=1S/C12H14N4/c13-12-9-5-1-2-6-10(9)15-16(12)11-7-3-4-8-14-11/h3-4,7-8H,1-2,5-6,13H2. The number of hydrogen-bond acceptors (Lipinski definition) is 3. The van der Waals surface area contributed by atoms with Crippen LogP contribution in [0.15, 0.2) is 24.4 Å². The second kappa shape index (κ2) is 3.63.